The molecule has 0 aliphatic carbocycles. The van der Waals surface area contributed by atoms with Crippen LogP contribution in [0.15, 0.2) is 23.6 Å². The van der Waals surface area contributed by atoms with E-state index in [1.165, 1.54) is 0 Å². The predicted molar refractivity (Wildman–Crippen MR) is 63.4 cm³/mol. The highest BCUT2D eigenvalue weighted by Gasteiger charge is 2.10. The zero-order valence-electron chi connectivity index (χ0n) is 9.21. The molecular formula is C12H16O2S. The summed E-state index contributed by atoms with van der Waals surface area (Å²) in [6, 6.07) is 1.84. The lowest BCUT2D eigenvalue weighted by Crippen LogP contribution is -2.08. The zero-order chi connectivity index (χ0) is 11.3. The quantitative estimate of drug-likeness (QED) is 0.564. The summed E-state index contributed by atoms with van der Waals surface area (Å²) in [5.74, 6) is 0.354. The van der Waals surface area contributed by atoms with Gasteiger partial charge in [-0.05, 0) is 31.2 Å². The number of unbranched alkanes of at least 4 members (excludes halogenated alkanes) is 1. The van der Waals surface area contributed by atoms with Gasteiger partial charge in [-0.25, -0.2) is 4.79 Å². The van der Waals surface area contributed by atoms with E-state index in [9.17, 15) is 4.79 Å². The first kappa shape index (κ1) is 12.0. The molecule has 1 rings (SSSR count). The van der Waals surface area contributed by atoms with Gasteiger partial charge in [0.1, 0.15) is 5.75 Å². The van der Waals surface area contributed by atoms with Crippen LogP contribution in [0, 0.1) is 0 Å². The van der Waals surface area contributed by atoms with Gasteiger partial charge in [-0.15, -0.1) is 11.3 Å². The molecule has 0 bridgehead atoms. The van der Waals surface area contributed by atoms with Gasteiger partial charge in [0.25, 0.3) is 0 Å². The van der Waals surface area contributed by atoms with Gasteiger partial charge in [-0.2, -0.15) is 0 Å². The molecule has 0 atom stereocenters. The van der Waals surface area contributed by atoms with Crippen molar-refractivity contribution >= 4 is 17.3 Å². The summed E-state index contributed by atoms with van der Waals surface area (Å²) in [6.07, 6.45) is 3.25. The number of ether oxygens (including phenoxy) is 1. The van der Waals surface area contributed by atoms with Crippen molar-refractivity contribution in [2.24, 2.45) is 0 Å². The monoisotopic (exact) mass is 224 g/mol. The fourth-order valence-electron chi connectivity index (χ4n) is 1.13. The first-order valence-corrected chi connectivity index (χ1v) is 5.97. The number of carbonyl (C=O) groups is 1. The third-order valence-electron chi connectivity index (χ3n) is 2.01. The van der Waals surface area contributed by atoms with Gasteiger partial charge >= 0.3 is 5.97 Å². The van der Waals surface area contributed by atoms with Crippen molar-refractivity contribution in [1.82, 2.24) is 0 Å². The summed E-state index contributed by atoms with van der Waals surface area (Å²) < 4.78 is 5.22. The normalized spacial score (nSPS) is 10.0. The van der Waals surface area contributed by atoms with Gasteiger partial charge in [-0.1, -0.05) is 19.9 Å². The van der Waals surface area contributed by atoms with Gasteiger partial charge in [0, 0.05) is 10.5 Å². The fourth-order valence-corrected chi connectivity index (χ4v) is 1.97. The van der Waals surface area contributed by atoms with Crippen molar-refractivity contribution in [2.75, 3.05) is 0 Å². The standard InChI is InChI=1S/C12H16O2S/c1-4-5-6-11-10(7-8-15-11)14-12(13)9(2)3/h7-8H,2,4-6H2,1,3H3. The third-order valence-corrected chi connectivity index (χ3v) is 2.98. The zero-order valence-corrected chi connectivity index (χ0v) is 10.0. The van der Waals surface area contributed by atoms with Crippen molar-refractivity contribution in [3.8, 4) is 5.75 Å². The van der Waals surface area contributed by atoms with Crippen molar-refractivity contribution in [3.63, 3.8) is 0 Å². The molecular weight excluding hydrogens is 208 g/mol. The van der Waals surface area contributed by atoms with E-state index in [1.807, 2.05) is 11.4 Å². The summed E-state index contributed by atoms with van der Waals surface area (Å²) in [7, 11) is 0. The van der Waals surface area contributed by atoms with E-state index >= 15 is 0 Å². The number of hydrogen-bond donors (Lipinski definition) is 0. The Hall–Kier alpha value is -1.09. The summed E-state index contributed by atoms with van der Waals surface area (Å²) >= 11 is 1.64. The van der Waals surface area contributed by atoms with E-state index in [1.54, 1.807) is 18.3 Å². The number of esters is 1. The SMILES string of the molecule is C=C(C)C(=O)Oc1ccsc1CCCC. The topological polar surface area (TPSA) is 26.3 Å². The molecule has 0 unspecified atom stereocenters. The van der Waals surface area contributed by atoms with Gasteiger partial charge in [0.15, 0.2) is 0 Å². The molecule has 0 aliphatic heterocycles. The highest BCUT2D eigenvalue weighted by Crippen LogP contribution is 2.27. The summed E-state index contributed by atoms with van der Waals surface area (Å²) in [6.45, 7) is 7.36. The first-order chi connectivity index (χ1) is 7.15. The highest BCUT2D eigenvalue weighted by molar-refractivity contribution is 7.10. The van der Waals surface area contributed by atoms with Crippen LogP contribution < -0.4 is 4.74 Å². The molecule has 0 amide bonds. The molecule has 2 nitrogen and oxygen atoms in total. The van der Waals surface area contributed by atoms with E-state index in [4.69, 9.17) is 4.74 Å². The maximum Gasteiger partial charge on any atom is 0.338 e. The van der Waals surface area contributed by atoms with Crippen molar-refractivity contribution in [1.29, 1.82) is 0 Å². The van der Waals surface area contributed by atoms with E-state index in [-0.39, 0.29) is 5.97 Å². The molecule has 0 aromatic carbocycles. The minimum atomic E-state index is -0.342. The Bertz CT molecular complexity index is 352. The smallest absolute Gasteiger partial charge is 0.338 e. The van der Waals surface area contributed by atoms with Crippen molar-refractivity contribution in [3.05, 3.63) is 28.5 Å². The minimum Gasteiger partial charge on any atom is -0.422 e. The van der Waals surface area contributed by atoms with Gasteiger partial charge in [0.2, 0.25) is 0 Å². The van der Waals surface area contributed by atoms with E-state index in [0.29, 0.717) is 11.3 Å². The molecule has 1 aromatic rings. The summed E-state index contributed by atoms with van der Waals surface area (Å²) in [4.78, 5) is 12.5. The molecule has 0 N–H and O–H groups in total. The fraction of sp³-hybridized carbons (Fsp3) is 0.417. The molecule has 0 fully saturated rings. The van der Waals surface area contributed by atoms with Gasteiger partial charge in [-0.3, -0.25) is 0 Å². The lowest BCUT2D eigenvalue weighted by atomic mass is 10.2. The lowest BCUT2D eigenvalue weighted by Gasteiger charge is -2.04. The van der Waals surface area contributed by atoms with Crippen LogP contribution >= 0.6 is 11.3 Å². The number of hydrogen-bond acceptors (Lipinski definition) is 3. The van der Waals surface area contributed by atoms with Crippen LogP contribution in [-0.2, 0) is 11.2 Å². The Balaban J connectivity index is 2.64. The lowest BCUT2D eigenvalue weighted by molar-refractivity contribution is -0.130. The van der Waals surface area contributed by atoms with Crippen LogP contribution in [0.3, 0.4) is 0 Å². The van der Waals surface area contributed by atoms with Crippen LogP contribution in [-0.4, -0.2) is 5.97 Å². The second-order valence-corrected chi connectivity index (χ2v) is 4.48. The Morgan fingerprint density at radius 3 is 2.93 bits per heavy atom. The average Bonchev–Trinajstić information content (AvgIpc) is 2.62. The van der Waals surface area contributed by atoms with Crippen LogP contribution in [0.25, 0.3) is 0 Å². The third kappa shape index (κ3) is 3.51. The maximum absolute atomic E-state index is 11.3. The van der Waals surface area contributed by atoms with E-state index < -0.39 is 0 Å². The largest absolute Gasteiger partial charge is 0.422 e. The Morgan fingerprint density at radius 2 is 2.33 bits per heavy atom. The predicted octanol–water partition coefficient (Wildman–Crippen LogP) is 3.57. The Morgan fingerprint density at radius 1 is 1.60 bits per heavy atom. The number of carbonyl (C=O) groups excluding carboxylic acids is 1. The molecule has 1 aromatic heterocycles. The average molecular weight is 224 g/mol. The second-order valence-electron chi connectivity index (χ2n) is 3.48. The molecule has 0 spiro atoms. The molecule has 0 saturated carbocycles. The van der Waals surface area contributed by atoms with Crippen LogP contribution in [0.4, 0.5) is 0 Å². The minimum absolute atomic E-state index is 0.342. The Kier molecular flexibility index (Phi) is 4.56. The van der Waals surface area contributed by atoms with Gasteiger partial charge in [0.05, 0.1) is 0 Å². The molecule has 0 saturated heterocycles. The number of aryl methyl sites for hydroxylation is 1. The second kappa shape index (κ2) is 5.71. The Labute approximate surface area is 94.6 Å². The molecule has 82 valence electrons. The van der Waals surface area contributed by atoms with E-state index in [0.717, 1.165) is 24.1 Å². The number of thiophene rings is 1. The molecule has 0 radical (unpaired) electrons. The molecule has 0 aliphatic rings. The van der Waals surface area contributed by atoms with Crippen LogP contribution in [0.5, 0.6) is 5.75 Å². The molecule has 15 heavy (non-hydrogen) atoms. The van der Waals surface area contributed by atoms with Crippen LogP contribution in [0.2, 0.25) is 0 Å². The summed E-state index contributed by atoms with van der Waals surface area (Å²) in [5.41, 5.74) is 0.433. The first-order valence-electron chi connectivity index (χ1n) is 5.09. The van der Waals surface area contributed by atoms with Crippen molar-refractivity contribution < 1.29 is 9.53 Å². The molecule has 1 heterocycles. The van der Waals surface area contributed by atoms with Crippen molar-refractivity contribution in [2.45, 2.75) is 33.1 Å². The van der Waals surface area contributed by atoms with Gasteiger partial charge < -0.3 is 4.74 Å². The number of rotatable bonds is 5. The van der Waals surface area contributed by atoms with Crippen LogP contribution in [0.1, 0.15) is 31.6 Å². The van der Waals surface area contributed by atoms with E-state index in [2.05, 4.69) is 13.5 Å². The molecule has 3 heteroatoms. The maximum atomic E-state index is 11.3. The highest BCUT2D eigenvalue weighted by atomic mass is 32.1. The summed E-state index contributed by atoms with van der Waals surface area (Å²) in [5, 5.41) is 1.95.